The van der Waals surface area contributed by atoms with Gasteiger partial charge >= 0.3 is 0 Å². The smallest absolute Gasteiger partial charge is 0.253 e. The predicted octanol–water partition coefficient (Wildman–Crippen LogP) is 1.77. The fraction of sp³-hybridized carbons (Fsp3) is 0.438. The number of halogens is 1. The summed E-state index contributed by atoms with van der Waals surface area (Å²) in [5.74, 6) is 0.658. The van der Waals surface area contributed by atoms with Gasteiger partial charge in [0.1, 0.15) is 12.4 Å². The second kappa shape index (κ2) is 6.85. The predicted molar refractivity (Wildman–Crippen MR) is 95.2 cm³/mol. The second-order valence-corrected chi connectivity index (χ2v) is 8.82. The van der Waals surface area contributed by atoms with Crippen LogP contribution in [0.4, 0.5) is 0 Å². The van der Waals surface area contributed by atoms with Crippen molar-refractivity contribution in [3.8, 4) is 5.75 Å². The molecule has 3 rings (SSSR count). The summed E-state index contributed by atoms with van der Waals surface area (Å²) in [5.41, 5.74) is 1.45. The van der Waals surface area contributed by atoms with Crippen LogP contribution in [0, 0.1) is 0 Å². The highest BCUT2D eigenvalue weighted by molar-refractivity contribution is 9.10. The molecule has 0 unspecified atom stereocenters. The normalized spacial score (nSPS) is 20.8. The molecule has 1 aromatic carbocycles. The Balaban J connectivity index is 1.74. The van der Waals surface area contributed by atoms with Gasteiger partial charge in [-0.05, 0) is 37.1 Å². The molecule has 1 fully saturated rings. The first-order valence-electron chi connectivity index (χ1n) is 7.71. The van der Waals surface area contributed by atoms with Gasteiger partial charge in [-0.3, -0.25) is 4.79 Å². The van der Waals surface area contributed by atoms with Crippen LogP contribution >= 0.6 is 15.9 Å². The molecule has 1 saturated heterocycles. The number of hydrogen-bond donors (Lipinski definition) is 1. The Hall–Kier alpha value is -1.38. The molecule has 0 spiro atoms. The molecule has 0 aromatic heterocycles. The van der Waals surface area contributed by atoms with E-state index in [1.54, 1.807) is 4.90 Å². The molecule has 0 radical (unpaired) electrons. The zero-order valence-corrected chi connectivity index (χ0v) is 15.7. The van der Waals surface area contributed by atoms with Gasteiger partial charge in [0.25, 0.3) is 5.91 Å². The molecule has 2 aliphatic rings. The molecule has 24 heavy (non-hydrogen) atoms. The molecule has 1 atom stereocenters. The quantitative estimate of drug-likeness (QED) is 0.817. The van der Waals surface area contributed by atoms with Crippen molar-refractivity contribution in [1.82, 2.24) is 9.62 Å². The number of piperidine rings is 1. The van der Waals surface area contributed by atoms with E-state index in [1.807, 2.05) is 24.3 Å². The van der Waals surface area contributed by atoms with Crippen molar-refractivity contribution in [3.63, 3.8) is 0 Å². The lowest BCUT2D eigenvalue weighted by Gasteiger charge is -2.33. The molecule has 0 bridgehead atoms. The van der Waals surface area contributed by atoms with Crippen molar-refractivity contribution in [2.75, 3.05) is 26.0 Å². The molecule has 1 amide bonds. The topological polar surface area (TPSA) is 75.7 Å². The van der Waals surface area contributed by atoms with Crippen molar-refractivity contribution in [2.45, 2.75) is 18.9 Å². The minimum absolute atomic E-state index is 0.0966. The van der Waals surface area contributed by atoms with E-state index in [2.05, 4.69) is 20.7 Å². The maximum absolute atomic E-state index is 12.7. The number of carbonyl (C=O) groups is 1. The van der Waals surface area contributed by atoms with Crippen LogP contribution in [-0.2, 0) is 14.8 Å². The van der Waals surface area contributed by atoms with Gasteiger partial charge in [0.2, 0.25) is 10.0 Å². The first-order valence-corrected chi connectivity index (χ1v) is 10.4. The fourth-order valence-corrected chi connectivity index (χ4v) is 4.21. The number of hydrogen-bond acceptors (Lipinski definition) is 4. The summed E-state index contributed by atoms with van der Waals surface area (Å²) < 4.78 is 32.0. The Bertz CT molecular complexity index is 791. The van der Waals surface area contributed by atoms with Crippen LogP contribution in [0.25, 0.3) is 6.08 Å². The van der Waals surface area contributed by atoms with Crippen molar-refractivity contribution in [1.29, 1.82) is 0 Å². The lowest BCUT2D eigenvalue weighted by atomic mass is 10.0. The van der Waals surface area contributed by atoms with Gasteiger partial charge < -0.3 is 9.64 Å². The third kappa shape index (κ3) is 4.17. The van der Waals surface area contributed by atoms with Crippen LogP contribution < -0.4 is 9.46 Å². The minimum atomic E-state index is -3.27. The highest BCUT2D eigenvalue weighted by atomic mass is 79.9. The van der Waals surface area contributed by atoms with Crippen molar-refractivity contribution in [3.05, 3.63) is 33.8 Å². The van der Waals surface area contributed by atoms with Crippen LogP contribution in [0.3, 0.4) is 0 Å². The van der Waals surface area contributed by atoms with E-state index in [-0.39, 0.29) is 18.6 Å². The fourth-order valence-electron chi connectivity index (χ4n) is 3.04. The van der Waals surface area contributed by atoms with E-state index in [1.165, 1.54) is 0 Å². The second-order valence-electron chi connectivity index (χ2n) is 6.12. The van der Waals surface area contributed by atoms with E-state index in [4.69, 9.17) is 4.74 Å². The molecule has 130 valence electrons. The summed E-state index contributed by atoms with van der Waals surface area (Å²) in [6.45, 7) is 1.24. The third-order valence-corrected chi connectivity index (χ3v) is 5.30. The Labute approximate surface area is 150 Å². The summed E-state index contributed by atoms with van der Waals surface area (Å²) in [7, 11) is -3.27. The molecule has 2 aliphatic heterocycles. The van der Waals surface area contributed by atoms with Gasteiger partial charge in [-0.1, -0.05) is 15.9 Å². The number of carbonyl (C=O) groups excluding carboxylic acids is 1. The number of nitrogens with one attached hydrogen (secondary N) is 1. The highest BCUT2D eigenvalue weighted by Crippen LogP contribution is 2.30. The van der Waals surface area contributed by atoms with Crippen LogP contribution in [0.2, 0.25) is 0 Å². The van der Waals surface area contributed by atoms with Crippen LogP contribution in [0.5, 0.6) is 5.75 Å². The SMILES string of the molecule is CS(=O)(=O)N[C@H]1CCCN(C(=O)C2=Cc3cc(Br)ccc3OC2)C1. The summed E-state index contributed by atoms with van der Waals surface area (Å²) in [6.07, 6.45) is 4.50. The lowest BCUT2D eigenvalue weighted by molar-refractivity contribution is -0.128. The molecule has 0 aliphatic carbocycles. The van der Waals surface area contributed by atoms with E-state index >= 15 is 0 Å². The summed E-state index contributed by atoms with van der Waals surface area (Å²) in [4.78, 5) is 14.4. The molecule has 1 aromatic rings. The van der Waals surface area contributed by atoms with E-state index < -0.39 is 10.0 Å². The number of amides is 1. The molecule has 6 nitrogen and oxygen atoms in total. The zero-order valence-electron chi connectivity index (χ0n) is 13.3. The van der Waals surface area contributed by atoms with E-state index in [9.17, 15) is 13.2 Å². The standard InChI is InChI=1S/C16H19BrN2O4S/c1-24(21,22)18-14-3-2-6-19(9-14)16(20)12-7-11-8-13(17)4-5-15(11)23-10-12/h4-5,7-8,14,18H,2-3,6,9-10H2,1H3/t14-/m0/s1. The van der Waals surface area contributed by atoms with Gasteiger partial charge in [0.15, 0.2) is 0 Å². The number of rotatable bonds is 3. The van der Waals surface area contributed by atoms with Crippen LogP contribution in [0.15, 0.2) is 28.2 Å². The number of sulfonamides is 1. The molecular formula is C16H19BrN2O4S. The average Bonchev–Trinajstić information content (AvgIpc) is 2.52. The third-order valence-electron chi connectivity index (χ3n) is 4.05. The Morgan fingerprint density at radius 3 is 2.96 bits per heavy atom. The van der Waals surface area contributed by atoms with Crippen LogP contribution in [-0.4, -0.2) is 51.2 Å². The van der Waals surface area contributed by atoms with Gasteiger partial charge in [0.05, 0.1) is 11.8 Å². The monoisotopic (exact) mass is 414 g/mol. The zero-order chi connectivity index (χ0) is 17.3. The number of benzene rings is 1. The number of nitrogens with zero attached hydrogens (tertiary/aromatic N) is 1. The lowest BCUT2D eigenvalue weighted by Crippen LogP contribution is -2.50. The molecular weight excluding hydrogens is 396 g/mol. The average molecular weight is 415 g/mol. The Morgan fingerprint density at radius 1 is 1.42 bits per heavy atom. The van der Waals surface area contributed by atoms with Gasteiger partial charge in [-0.15, -0.1) is 0 Å². The number of likely N-dealkylation sites (tertiary alicyclic amines) is 1. The van der Waals surface area contributed by atoms with E-state index in [0.717, 1.165) is 34.9 Å². The molecule has 2 heterocycles. The Kier molecular flexibility index (Phi) is 4.98. The van der Waals surface area contributed by atoms with Gasteiger partial charge in [0, 0.05) is 29.2 Å². The molecule has 0 saturated carbocycles. The summed E-state index contributed by atoms with van der Waals surface area (Å²) in [5, 5.41) is 0. The van der Waals surface area contributed by atoms with Crippen molar-refractivity contribution < 1.29 is 17.9 Å². The first-order chi connectivity index (χ1) is 11.3. The minimum Gasteiger partial charge on any atom is -0.488 e. The van der Waals surface area contributed by atoms with Crippen molar-refractivity contribution in [2.24, 2.45) is 0 Å². The number of fused-ring (bicyclic) bond motifs is 1. The van der Waals surface area contributed by atoms with Gasteiger partial charge in [-0.25, -0.2) is 13.1 Å². The maximum atomic E-state index is 12.7. The first kappa shape index (κ1) is 17.4. The number of ether oxygens (including phenoxy) is 1. The Morgan fingerprint density at radius 2 is 2.21 bits per heavy atom. The van der Waals surface area contributed by atoms with Crippen LogP contribution in [0.1, 0.15) is 18.4 Å². The summed E-state index contributed by atoms with van der Waals surface area (Å²) >= 11 is 3.41. The highest BCUT2D eigenvalue weighted by Gasteiger charge is 2.28. The van der Waals surface area contributed by atoms with E-state index in [0.29, 0.717) is 18.7 Å². The summed E-state index contributed by atoms with van der Waals surface area (Å²) in [6, 6.07) is 5.44. The molecule has 8 heteroatoms. The molecule has 1 N–H and O–H groups in total. The van der Waals surface area contributed by atoms with Gasteiger partial charge in [-0.2, -0.15) is 0 Å². The largest absolute Gasteiger partial charge is 0.488 e. The maximum Gasteiger partial charge on any atom is 0.253 e. The van der Waals surface area contributed by atoms with Crippen molar-refractivity contribution >= 4 is 37.9 Å².